The van der Waals surface area contributed by atoms with Crippen LogP contribution in [0.25, 0.3) is 0 Å². The monoisotopic (exact) mass is 340 g/mol. The molecule has 0 N–H and O–H groups in total. The first kappa shape index (κ1) is 17.9. The highest BCUT2D eigenvalue weighted by Crippen LogP contribution is 2.38. The van der Waals surface area contributed by atoms with E-state index in [1.165, 1.54) is 0 Å². The van der Waals surface area contributed by atoms with Crippen molar-refractivity contribution in [3.8, 4) is 0 Å². The predicted octanol–water partition coefficient (Wildman–Crippen LogP) is 3.13. The van der Waals surface area contributed by atoms with E-state index in [9.17, 15) is 27.6 Å². The van der Waals surface area contributed by atoms with Gasteiger partial charge < -0.3 is 4.74 Å². The van der Waals surface area contributed by atoms with Crippen molar-refractivity contribution < 1.29 is 32.3 Å². The summed E-state index contributed by atoms with van der Waals surface area (Å²) in [5, 5.41) is 0. The second kappa shape index (κ2) is 7.42. The van der Waals surface area contributed by atoms with Crippen molar-refractivity contribution in [1.29, 1.82) is 0 Å². The van der Waals surface area contributed by atoms with Crippen LogP contribution in [-0.2, 0) is 14.3 Å². The predicted molar refractivity (Wildman–Crippen MR) is 78.1 cm³/mol. The largest absolute Gasteiger partial charge is 0.461 e. The minimum Gasteiger partial charge on any atom is -0.461 e. The molecule has 0 radical (unpaired) electrons. The SMILES string of the molecule is O=C(C=CCOC(=O)C(C(=O)C1CC1)C(F)(F)F)c1ccccc1. The molecule has 0 amide bonds. The maximum Gasteiger partial charge on any atom is 0.409 e. The van der Waals surface area contributed by atoms with Crippen LogP contribution in [0.15, 0.2) is 42.5 Å². The number of alkyl halides is 3. The molecule has 1 aliphatic rings. The molecule has 0 bridgehead atoms. The van der Waals surface area contributed by atoms with Gasteiger partial charge in [-0.25, -0.2) is 0 Å². The Morgan fingerprint density at radius 2 is 1.79 bits per heavy atom. The number of rotatable bonds is 7. The molecule has 0 heterocycles. The summed E-state index contributed by atoms with van der Waals surface area (Å²) >= 11 is 0. The lowest BCUT2D eigenvalue weighted by molar-refractivity contribution is -0.198. The number of ketones is 2. The molecule has 4 nitrogen and oxygen atoms in total. The molecule has 1 fully saturated rings. The summed E-state index contributed by atoms with van der Waals surface area (Å²) in [6.07, 6.45) is -2.00. The highest BCUT2D eigenvalue weighted by Gasteiger charge is 2.54. The van der Waals surface area contributed by atoms with Crippen LogP contribution in [0.4, 0.5) is 13.2 Å². The minimum atomic E-state index is -4.97. The van der Waals surface area contributed by atoms with Gasteiger partial charge in [-0.15, -0.1) is 0 Å². The van der Waals surface area contributed by atoms with Crippen LogP contribution >= 0.6 is 0 Å². The Morgan fingerprint density at radius 3 is 2.33 bits per heavy atom. The van der Waals surface area contributed by atoms with E-state index < -0.39 is 36.4 Å². The van der Waals surface area contributed by atoms with Crippen molar-refractivity contribution in [2.75, 3.05) is 6.61 Å². The molecule has 0 spiro atoms. The maximum absolute atomic E-state index is 12.9. The van der Waals surface area contributed by atoms with Gasteiger partial charge in [-0.2, -0.15) is 13.2 Å². The fourth-order valence-corrected chi connectivity index (χ4v) is 2.08. The number of allylic oxidation sites excluding steroid dienone is 1. The van der Waals surface area contributed by atoms with Crippen molar-refractivity contribution >= 4 is 17.5 Å². The van der Waals surface area contributed by atoms with Gasteiger partial charge in [-0.05, 0) is 25.0 Å². The Hall–Kier alpha value is -2.44. The van der Waals surface area contributed by atoms with Gasteiger partial charge in [0.2, 0.25) is 5.92 Å². The second-order valence-electron chi connectivity index (χ2n) is 5.41. The van der Waals surface area contributed by atoms with Crippen LogP contribution in [-0.4, -0.2) is 30.3 Å². The quantitative estimate of drug-likeness (QED) is 0.331. The number of esters is 1. The van der Waals surface area contributed by atoms with Gasteiger partial charge in [0.1, 0.15) is 6.61 Å². The molecule has 1 unspecified atom stereocenters. The molecule has 1 aromatic carbocycles. The van der Waals surface area contributed by atoms with E-state index in [4.69, 9.17) is 0 Å². The molecule has 1 aliphatic carbocycles. The normalized spacial score (nSPS) is 16.0. The van der Waals surface area contributed by atoms with Crippen LogP contribution in [0, 0.1) is 11.8 Å². The van der Waals surface area contributed by atoms with Crippen molar-refractivity contribution in [2.45, 2.75) is 19.0 Å². The number of Topliss-reactive ketones (excluding diaryl/α,β-unsaturated/α-hetero) is 1. The number of hydrogen-bond donors (Lipinski definition) is 0. The third-order valence-electron chi connectivity index (χ3n) is 3.48. The number of hydrogen-bond acceptors (Lipinski definition) is 4. The second-order valence-corrected chi connectivity index (χ2v) is 5.41. The standard InChI is InChI=1S/C17H15F3O4/c18-17(19,20)14(15(22)12-8-9-12)16(23)24-10-4-7-13(21)11-5-2-1-3-6-11/h1-7,12,14H,8-10H2. The lowest BCUT2D eigenvalue weighted by Crippen LogP contribution is -2.39. The van der Waals surface area contributed by atoms with Gasteiger partial charge in [-0.1, -0.05) is 30.3 Å². The van der Waals surface area contributed by atoms with Gasteiger partial charge in [-0.3, -0.25) is 14.4 Å². The van der Waals surface area contributed by atoms with E-state index in [1.807, 2.05) is 0 Å². The molecule has 0 aliphatic heterocycles. The fourth-order valence-electron chi connectivity index (χ4n) is 2.08. The zero-order valence-corrected chi connectivity index (χ0v) is 12.6. The van der Waals surface area contributed by atoms with E-state index in [1.54, 1.807) is 30.3 Å². The summed E-state index contributed by atoms with van der Waals surface area (Å²) in [6, 6.07) is 8.22. The molecule has 0 aromatic heterocycles. The molecule has 7 heteroatoms. The van der Waals surface area contributed by atoms with E-state index in [2.05, 4.69) is 4.74 Å². The van der Waals surface area contributed by atoms with Crippen LogP contribution in [0.5, 0.6) is 0 Å². The molecular formula is C17H15F3O4. The lowest BCUT2D eigenvalue weighted by atomic mass is 10.00. The molecule has 24 heavy (non-hydrogen) atoms. The Morgan fingerprint density at radius 1 is 1.17 bits per heavy atom. The molecule has 1 atom stereocenters. The van der Waals surface area contributed by atoms with Crippen LogP contribution in [0.2, 0.25) is 0 Å². The Bertz CT molecular complexity index is 646. The van der Waals surface area contributed by atoms with Crippen molar-refractivity contribution in [3.63, 3.8) is 0 Å². The molecule has 128 valence electrons. The molecule has 1 aromatic rings. The van der Waals surface area contributed by atoms with Crippen molar-refractivity contribution in [3.05, 3.63) is 48.0 Å². The van der Waals surface area contributed by atoms with Gasteiger partial charge in [0, 0.05) is 11.5 Å². The Balaban J connectivity index is 1.90. The first-order valence-electron chi connectivity index (χ1n) is 7.33. The fraction of sp³-hybridized carbons (Fsp3) is 0.353. The van der Waals surface area contributed by atoms with E-state index in [-0.39, 0.29) is 5.78 Å². The first-order valence-corrected chi connectivity index (χ1v) is 7.33. The summed E-state index contributed by atoms with van der Waals surface area (Å²) in [4.78, 5) is 34.9. The highest BCUT2D eigenvalue weighted by molar-refractivity contribution is 6.04. The highest BCUT2D eigenvalue weighted by atomic mass is 19.4. The minimum absolute atomic E-state index is 0.365. The van der Waals surface area contributed by atoms with E-state index in [0.717, 1.165) is 12.2 Å². The zero-order chi connectivity index (χ0) is 17.7. The van der Waals surface area contributed by atoms with Crippen LogP contribution in [0.3, 0.4) is 0 Å². The number of carbonyl (C=O) groups is 3. The topological polar surface area (TPSA) is 60.4 Å². The summed E-state index contributed by atoms with van der Waals surface area (Å²) in [7, 11) is 0. The van der Waals surface area contributed by atoms with Crippen LogP contribution < -0.4 is 0 Å². The van der Waals surface area contributed by atoms with Gasteiger partial charge >= 0.3 is 12.1 Å². The molecule has 2 rings (SSSR count). The Labute approximate surface area is 136 Å². The Kier molecular flexibility index (Phi) is 5.54. The van der Waals surface area contributed by atoms with E-state index in [0.29, 0.717) is 18.4 Å². The summed E-state index contributed by atoms with van der Waals surface area (Å²) in [5.74, 6) is -6.59. The zero-order valence-electron chi connectivity index (χ0n) is 12.6. The summed E-state index contributed by atoms with van der Waals surface area (Å²) in [6.45, 7) is -0.512. The van der Waals surface area contributed by atoms with Gasteiger partial charge in [0.25, 0.3) is 0 Å². The number of halogens is 3. The third-order valence-corrected chi connectivity index (χ3v) is 3.48. The van der Waals surface area contributed by atoms with Gasteiger partial charge in [0.15, 0.2) is 11.6 Å². The van der Waals surface area contributed by atoms with Gasteiger partial charge in [0.05, 0.1) is 0 Å². The summed E-state index contributed by atoms with van der Waals surface area (Å²) < 4.78 is 43.1. The third kappa shape index (κ3) is 4.78. The van der Waals surface area contributed by atoms with Crippen molar-refractivity contribution in [2.24, 2.45) is 11.8 Å². The number of ether oxygens (including phenoxy) is 1. The molecule has 1 saturated carbocycles. The molecule has 0 saturated heterocycles. The van der Waals surface area contributed by atoms with Crippen LogP contribution in [0.1, 0.15) is 23.2 Å². The van der Waals surface area contributed by atoms with E-state index >= 15 is 0 Å². The maximum atomic E-state index is 12.9. The lowest BCUT2D eigenvalue weighted by Gasteiger charge is -2.17. The average molecular weight is 340 g/mol. The summed E-state index contributed by atoms with van der Waals surface area (Å²) in [5.41, 5.74) is 0.400. The molecular weight excluding hydrogens is 325 g/mol. The first-order chi connectivity index (χ1) is 11.3. The number of benzene rings is 1. The number of carbonyl (C=O) groups excluding carboxylic acids is 3. The smallest absolute Gasteiger partial charge is 0.409 e. The van der Waals surface area contributed by atoms with Crippen molar-refractivity contribution in [1.82, 2.24) is 0 Å². The average Bonchev–Trinajstić information content (AvgIpc) is 3.35.